The average molecular weight is 407 g/mol. The van der Waals surface area contributed by atoms with Gasteiger partial charge in [-0.15, -0.1) is 0 Å². The van der Waals surface area contributed by atoms with Gasteiger partial charge in [0.25, 0.3) is 0 Å². The molecule has 140 valence electrons. The number of halogens is 2. The molecule has 0 spiro atoms. The Balaban J connectivity index is 1.56. The van der Waals surface area contributed by atoms with Gasteiger partial charge in [0.15, 0.2) is 0 Å². The molecule has 0 aliphatic carbocycles. The van der Waals surface area contributed by atoms with Crippen molar-refractivity contribution in [2.45, 2.75) is 4.90 Å². The number of benzene rings is 2. The van der Waals surface area contributed by atoms with Gasteiger partial charge in [-0.25, -0.2) is 22.8 Å². The van der Waals surface area contributed by atoms with Gasteiger partial charge in [0.05, 0.1) is 10.4 Å². The van der Waals surface area contributed by atoms with Crippen molar-refractivity contribution in [3.8, 4) is 0 Å². The molecule has 0 N–H and O–H groups in total. The lowest BCUT2D eigenvalue weighted by atomic mass is 10.2. The second-order valence-electron chi connectivity index (χ2n) is 6.20. The van der Waals surface area contributed by atoms with E-state index >= 15 is 0 Å². The van der Waals surface area contributed by atoms with Crippen LogP contribution in [-0.2, 0) is 10.0 Å². The summed E-state index contributed by atoms with van der Waals surface area (Å²) in [6, 6.07) is 10.5. The molecular weight excluding hydrogens is 391 g/mol. The smallest absolute Gasteiger partial charge is 0.243 e. The Hall–Kier alpha value is -2.29. The third-order valence-corrected chi connectivity index (χ3v) is 6.73. The fourth-order valence-corrected chi connectivity index (χ4v) is 4.71. The molecule has 1 aliphatic heterocycles. The number of aromatic nitrogens is 2. The summed E-state index contributed by atoms with van der Waals surface area (Å²) >= 11 is 5.84. The quantitative estimate of drug-likeness (QED) is 0.669. The van der Waals surface area contributed by atoms with Crippen molar-refractivity contribution in [2.24, 2.45) is 0 Å². The van der Waals surface area contributed by atoms with Crippen molar-refractivity contribution in [1.29, 1.82) is 0 Å². The topological polar surface area (TPSA) is 66.4 Å². The molecule has 2 heterocycles. The molecule has 4 rings (SSSR count). The number of rotatable bonds is 3. The zero-order valence-corrected chi connectivity index (χ0v) is 15.8. The Kier molecular flexibility index (Phi) is 4.71. The fourth-order valence-electron chi connectivity index (χ4n) is 3.16. The Bertz CT molecular complexity index is 1080. The first-order valence-corrected chi connectivity index (χ1v) is 10.2. The molecule has 9 heteroatoms. The first kappa shape index (κ1) is 18.1. The monoisotopic (exact) mass is 406 g/mol. The standard InChI is InChI=1S/C18H16ClFN4O2S/c19-13-1-4-15(5-2-13)27(25,26)24-9-7-23(8-10-24)18-16-11-14(20)3-6-17(16)21-12-22-18/h1-6,11-12H,7-10H2. The van der Waals surface area contributed by atoms with E-state index in [0.717, 1.165) is 0 Å². The normalized spacial score (nSPS) is 16.0. The molecule has 1 aliphatic rings. The summed E-state index contributed by atoms with van der Waals surface area (Å²) in [5, 5.41) is 1.10. The molecule has 1 aromatic heterocycles. The van der Waals surface area contributed by atoms with Gasteiger partial charge in [-0.1, -0.05) is 11.6 Å². The van der Waals surface area contributed by atoms with Crippen molar-refractivity contribution in [2.75, 3.05) is 31.1 Å². The minimum atomic E-state index is -3.58. The van der Waals surface area contributed by atoms with E-state index in [1.807, 2.05) is 4.90 Å². The van der Waals surface area contributed by atoms with E-state index in [0.29, 0.717) is 47.9 Å². The number of anilines is 1. The second kappa shape index (κ2) is 7.03. The van der Waals surface area contributed by atoms with Crippen LogP contribution in [0.4, 0.5) is 10.2 Å². The summed E-state index contributed by atoms with van der Waals surface area (Å²) in [7, 11) is -3.58. The summed E-state index contributed by atoms with van der Waals surface area (Å²) in [4.78, 5) is 10.6. The van der Waals surface area contributed by atoms with Crippen LogP contribution >= 0.6 is 11.6 Å². The highest BCUT2D eigenvalue weighted by atomic mass is 35.5. The Morgan fingerprint density at radius 1 is 0.963 bits per heavy atom. The van der Waals surface area contributed by atoms with Crippen LogP contribution in [0.1, 0.15) is 0 Å². The van der Waals surface area contributed by atoms with Gasteiger partial charge in [-0.05, 0) is 42.5 Å². The lowest BCUT2D eigenvalue weighted by molar-refractivity contribution is 0.384. The summed E-state index contributed by atoms with van der Waals surface area (Å²) in [5.74, 6) is 0.255. The van der Waals surface area contributed by atoms with Crippen LogP contribution in [0.25, 0.3) is 10.9 Å². The van der Waals surface area contributed by atoms with Gasteiger partial charge in [-0.3, -0.25) is 0 Å². The van der Waals surface area contributed by atoms with Crippen LogP contribution in [0.5, 0.6) is 0 Å². The van der Waals surface area contributed by atoms with Crippen molar-refractivity contribution in [3.05, 3.63) is 59.6 Å². The van der Waals surface area contributed by atoms with Gasteiger partial charge < -0.3 is 4.90 Å². The second-order valence-corrected chi connectivity index (χ2v) is 8.58. The molecule has 1 fully saturated rings. The van der Waals surface area contributed by atoms with E-state index in [2.05, 4.69) is 9.97 Å². The third-order valence-electron chi connectivity index (χ3n) is 4.57. The molecule has 3 aromatic rings. The molecule has 0 radical (unpaired) electrons. The summed E-state index contributed by atoms with van der Waals surface area (Å²) in [5.41, 5.74) is 0.651. The number of nitrogens with zero attached hydrogens (tertiary/aromatic N) is 4. The molecule has 6 nitrogen and oxygen atoms in total. The first-order valence-electron chi connectivity index (χ1n) is 8.36. The minimum Gasteiger partial charge on any atom is -0.353 e. The predicted molar refractivity (Wildman–Crippen MR) is 102 cm³/mol. The van der Waals surface area contributed by atoms with E-state index in [4.69, 9.17) is 11.6 Å². The SMILES string of the molecule is O=S(=O)(c1ccc(Cl)cc1)N1CCN(c2ncnc3ccc(F)cc23)CC1. The first-order chi connectivity index (χ1) is 12.9. The summed E-state index contributed by atoms with van der Waals surface area (Å²) in [6.45, 7) is 1.53. The molecule has 2 aromatic carbocycles. The highest BCUT2D eigenvalue weighted by Gasteiger charge is 2.29. The Morgan fingerprint density at radius 2 is 1.67 bits per heavy atom. The lowest BCUT2D eigenvalue weighted by Gasteiger charge is -2.35. The molecule has 0 amide bonds. The van der Waals surface area contributed by atoms with Gasteiger partial charge in [0, 0.05) is 36.6 Å². The molecule has 0 bridgehead atoms. The van der Waals surface area contributed by atoms with Crippen LogP contribution in [0.15, 0.2) is 53.7 Å². The van der Waals surface area contributed by atoms with E-state index in [1.165, 1.54) is 34.9 Å². The maximum atomic E-state index is 13.6. The average Bonchev–Trinajstić information content (AvgIpc) is 2.68. The molecule has 27 heavy (non-hydrogen) atoms. The third kappa shape index (κ3) is 3.47. The van der Waals surface area contributed by atoms with Crippen LogP contribution in [0.3, 0.4) is 0 Å². The molecular formula is C18H16ClFN4O2S. The molecule has 0 atom stereocenters. The maximum absolute atomic E-state index is 13.6. The van der Waals surface area contributed by atoms with Crippen LogP contribution in [-0.4, -0.2) is 48.9 Å². The van der Waals surface area contributed by atoms with E-state index in [9.17, 15) is 12.8 Å². The maximum Gasteiger partial charge on any atom is 0.243 e. The van der Waals surface area contributed by atoms with Crippen molar-refractivity contribution in [1.82, 2.24) is 14.3 Å². The highest BCUT2D eigenvalue weighted by molar-refractivity contribution is 7.89. The minimum absolute atomic E-state index is 0.218. The van der Waals surface area contributed by atoms with E-state index in [-0.39, 0.29) is 10.7 Å². The Labute approximate surface area is 161 Å². The van der Waals surface area contributed by atoms with Crippen LogP contribution in [0.2, 0.25) is 5.02 Å². The number of hydrogen-bond acceptors (Lipinski definition) is 5. The van der Waals surface area contributed by atoms with E-state index in [1.54, 1.807) is 18.2 Å². The van der Waals surface area contributed by atoms with Crippen LogP contribution in [0, 0.1) is 5.82 Å². The number of hydrogen-bond donors (Lipinski definition) is 0. The van der Waals surface area contributed by atoms with E-state index < -0.39 is 10.0 Å². The van der Waals surface area contributed by atoms with Gasteiger partial charge in [0.2, 0.25) is 10.0 Å². The largest absolute Gasteiger partial charge is 0.353 e. The van der Waals surface area contributed by atoms with Crippen molar-refractivity contribution >= 4 is 38.3 Å². The number of fused-ring (bicyclic) bond motifs is 1. The zero-order chi connectivity index (χ0) is 19.0. The number of sulfonamides is 1. The molecule has 1 saturated heterocycles. The van der Waals surface area contributed by atoms with Crippen molar-refractivity contribution < 1.29 is 12.8 Å². The number of piperazine rings is 1. The zero-order valence-electron chi connectivity index (χ0n) is 14.2. The van der Waals surface area contributed by atoms with Crippen LogP contribution < -0.4 is 4.90 Å². The molecule has 0 saturated carbocycles. The van der Waals surface area contributed by atoms with Gasteiger partial charge in [-0.2, -0.15) is 4.31 Å². The summed E-state index contributed by atoms with van der Waals surface area (Å²) in [6.07, 6.45) is 1.44. The fraction of sp³-hybridized carbons (Fsp3) is 0.222. The highest BCUT2D eigenvalue weighted by Crippen LogP contribution is 2.26. The predicted octanol–water partition coefficient (Wildman–Crippen LogP) is 2.93. The molecule has 0 unspecified atom stereocenters. The Morgan fingerprint density at radius 3 is 2.37 bits per heavy atom. The van der Waals surface area contributed by atoms with Gasteiger partial charge in [0.1, 0.15) is 18.0 Å². The van der Waals surface area contributed by atoms with Crippen molar-refractivity contribution in [3.63, 3.8) is 0 Å². The van der Waals surface area contributed by atoms with Gasteiger partial charge >= 0.3 is 0 Å². The lowest BCUT2D eigenvalue weighted by Crippen LogP contribution is -2.49. The summed E-state index contributed by atoms with van der Waals surface area (Å²) < 4.78 is 40.7.